The Morgan fingerprint density at radius 1 is 1.32 bits per heavy atom. The van der Waals surface area contributed by atoms with Crippen LogP contribution in [0.1, 0.15) is 19.8 Å². The third-order valence-electron chi connectivity index (χ3n) is 3.29. The number of H-pyrrole nitrogens is 1. The van der Waals surface area contributed by atoms with E-state index in [0.717, 1.165) is 35.8 Å². The summed E-state index contributed by atoms with van der Waals surface area (Å²) in [5.41, 5.74) is 2.44. The molecule has 0 saturated carbocycles. The van der Waals surface area contributed by atoms with Crippen molar-refractivity contribution in [3.8, 4) is 0 Å². The minimum absolute atomic E-state index is 0.00112. The van der Waals surface area contributed by atoms with Crippen LogP contribution < -0.4 is 5.32 Å². The topological polar surface area (TPSA) is 83.6 Å². The van der Waals surface area contributed by atoms with Gasteiger partial charge in [-0.05, 0) is 12.5 Å². The number of nitrogens with zero attached hydrogens (tertiary/aromatic N) is 3. The highest BCUT2D eigenvalue weighted by Gasteiger charge is 2.10. The first-order chi connectivity index (χ1) is 10.8. The predicted molar refractivity (Wildman–Crippen MR) is 87.8 cm³/mol. The molecule has 2 aromatic heterocycles. The molecule has 114 valence electrons. The van der Waals surface area contributed by atoms with Crippen LogP contribution in [-0.4, -0.2) is 38.4 Å². The van der Waals surface area contributed by atoms with Crippen LogP contribution in [-0.2, 0) is 4.79 Å². The smallest absolute Gasteiger partial charge is 0.230 e. The van der Waals surface area contributed by atoms with Gasteiger partial charge in [-0.3, -0.25) is 4.79 Å². The predicted octanol–water partition coefficient (Wildman–Crippen LogP) is 2.51. The number of hydrogen-bond acceptors (Lipinski definition) is 5. The second-order valence-corrected chi connectivity index (χ2v) is 5.90. The summed E-state index contributed by atoms with van der Waals surface area (Å²) in [6.07, 6.45) is 2.06. The maximum absolute atomic E-state index is 11.7. The Balaban J connectivity index is 1.70. The van der Waals surface area contributed by atoms with Gasteiger partial charge in [0.25, 0.3) is 0 Å². The summed E-state index contributed by atoms with van der Waals surface area (Å²) in [5.74, 6) is 0.302. The van der Waals surface area contributed by atoms with E-state index in [1.807, 2.05) is 24.3 Å². The van der Waals surface area contributed by atoms with Crippen LogP contribution >= 0.6 is 11.8 Å². The van der Waals surface area contributed by atoms with E-state index in [1.54, 1.807) is 0 Å². The Morgan fingerprint density at radius 3 is 3.05 bits per heavy atom. The standard InChI is InChI=1S/C15H17N5OS/c1-2-3-8-16-12(21)9-22-15-18-14-13(19-20-15)10-6-4-5-7-11(10)17-14/h4-7H,2-3,8-9H2,1H3,(H,16,21)(H,17,18,20). The molecule has 22 heavy (non-hydrogen) atoms. The SMILES string of the molecule is CCCCNC(=O)CSc1nnc2c(n1)[nH]c1ccccc12. The molecule has 3 rings (SSSR count). The van der Waals surface area contributed by atoms with Crippen molar-refractivity contribution in [3.63, 3.8) is 0 Å². The Labute approximate surface area is 132 Å². The van der Waals surface area contributed by atoms with Crippen molar-refractivity contribution >= 4 is 39.7 Å². The third-order valence-corrected chi connectivity index (χ3v) is 4.13. The van der Waals surface area contributed by atoms with Crippen LogP contribution in [0.25, 0.3) is 22.1 Å². The number of unbranched alkanes of at least 4 members (excludes halogenated alkanes) is 1. The van der Waals surface area contributed by atoms with Crippen molar-refractivity contribution in [1.29, 1.82) is 0 Å². The number of nitrogens with one attached hydrogen (secondary N) is 2. The molecule has 2 heterocycles. The number of aromatic nitrogens is 4. The molecule has 3 aromatic rings. The fourth-order valence-electron chi connectivity index (χ4n) is 2.15. The number of carbonyl (C=O) groups is 1. The zero-order valence-corrected chi connectivity index (χ0v) is 13.1. The Bertz CT molecular complexity index is 801. The molecule has 0 spiro atoms. The highest BCUT2D eigenvalue weighted by molar-refractivity contribution is 7.99. The average molecular weight is 315 g/mol. The van der Waals surface area contributed by atoms with Crippen molar-refractivity contribution in [2.24, 2.45) is 0 Å². The number of hydrogen-bond donors (Lipinski definition) is 2. The molecule has 0 atom stereocenters. The van der Waals surface area contributed by atoms with Gasteiger partial charge in [-0.15, -0.1) is 10.2 Å². The molecule has 0 aliphatic carbocycles. The summed E-state index contributed by atoms with van der Waals surface area (Å²) in [7, 11) is 0. The first-order valence-corrected chi connectivity index (χ1v) is 8.27. The Kier molecular flexibility index (Phi) is 4.53. The maximum Gasteiger partial charge on any atom is 0.230 e. The van der Waals surface area contributed by atoms with Crippen molar-refractivity contribution in [1.82, 2.24) is 25.5 Å². The molecule has 7 heteroatoms. The zero-order chi connectivity index (χ0) is 15.4. The number of aromatic amines is 1. The van der Waals surface area contributed by atoms with Gasteiger partial charge in [0.05, 0.1) is 5.75 Å². The van der Waals surface area contributed by atoms with Crippen LogP contribution in [0.15, 0.2) is 29.4 Å². The van der Waals surface area contributed by atoms with Gasteiger partial charge in [-0.25, -0.2) is 4.98 Å². The summed E-state index contributed by atoms with van der Waals surface area (Å²) in [6.45, 7) is 2.81. The summed E-state index contributed by atoms with van der Waals surface area (Å²) >= 11 is 1.29. The lowest BCUT2D eigenvalue weighted by Crippen LogP contribution is -2.26. The number of para-hydroxylation sites is 1. The van der Waals surface area contributed by atoms with Crippen LogP contribution in [0.3, 0.4) is 0 Å². The van der Waals surface area contributed by atoms with Crippen molar-refractivity contribution in [3.05, 3.63) is 24.3 Å². The Morgan fingerprint density at radius 2 is 2.18 bits per heavy atom. The molecule has 0 aliphatic heterocycles. The van der Waals surface area contributed by atoms with Gasteiger partial charge in [0.2, 0.25) is 11.1 Å². The highest BCUT2D eigenvalue weighted by atomic mass is 32.2. The number of rotatable bonds is 6. The second-order valence-electron chi connectivity index (χ2n) is 4.95. The van der Waals surface area contributed by atoms with Gasteiger partial charge in [-0.2, -0.15) is 0 Å². The molecule has 1 aromatic carbocycles. The number of fused-ring (bicyclic) bond motifs is 3. The van der Waals surface area contributed by atoms with E-state index in [4.69, 9.17) is 0 Å². The molecule has 6 nitrogen and oxygen atoms in total. The van der Waals surface area contributed by atoms with E-state index >= 15 is 0 Å². The summed E-state index contributed by atoms with van der Waals surface area (Å²) in [4.78, 5) is 19.3. The maximum atomic E-state index is 11.7. The van der Waals surface area contributed by atoms with Gasteiger partial charge >= 0.3 is 0 Å². The highest BCUT2D eigenvalue weighted by Crippen LogP contribution is 2.23. The van der Waals surface area contributed by atoms with Gasteiger partial charge in [0.1, 0.15) is 5.52 Å². The largest absolute Gasteiger partial charge is 0.355 e. The minimum atomic E-state index is -0.00112. The molecule has 0 bridgehead atoms. The number of benzene rings is 1. The van der Waals surface area contributed by atoms with Gasteiger partial charge in [0.15, 0.2) is 5.65 Å². The summed E-state index contributed by atoms with van der Waals surface area (Å²) in [5, 5.41) is 12.7. The quantitative estimate of drug-likeness (QED) is 0.539. The van der Waals surface area contributed by atoms with Gasteiger partial charge in [0, 0.05) is 17.4 Å². The van der Waals surface area contributed by atoms with Gasteiger partial charge < -0.3 is 10.3 Å². The lowest BCUT2D eigenvalue weighted by Gasteiger charge is -2.02. The Hall–Kier alpha value is -2.15. The van der Waals surface area contributed by atoms with Gasteiger partial charge in [-0.1, -0.05) is 43.3 Å². The van der Waals surface area contributed by atoms with Crippen molar-refractivity contribution < 1.29 is 4.79 Å². The van der Waals surface area contributed by atoms with E-state index in [2.05, 4.69) is 32.4 Å². The monoisotopic (exact) mass is 315 g/mol. The fourth-order valence-corrected chi connectivity index (χ4v) is 2.77. The van der Waals surface area contributed by atoms with Crippen LogP contribution in [0.4, 0.5) is 0 Å². The number of amides is 1. The zero-order valence-electron chi connectivity index (χ0n) is 12.3. The van der Waals surface area contributed by atoms with E-state index in [9.17, 15) is 4.79 Å². The normalized spacial score (nSPS) is 11.1. The summed E-state index contributed by atoms with van der Waals surface area (Å²) < 4.78 is 0. The average Bonchev–Trinajstić information content (AvgIpc) is 2.91. The first-order valence-electron chi connectivity index (χ1n) is 7.28. The fraction of sp³-hybridized carbons (Fsp3) is 0.333. The van der Waals surface area contributed by atoms with E-state index in [-0.39, 0.29) is 5.91 Å². The molecular weight excluding hydrogens is 298 g/mol. The van der Waals surface area contributed by atoms with Crippen molar-refractivity contribution in [2.45, 2.75) is 24.9 Å². The molecular formula is C15H17N5OS. The second kappa shape index (κ2) is 6.74. The molecule has 0 fully saturated rings. The van der Waals surface area contributed by atoms with Crippen LogP contribution in [0.2, 0.25) is 0 Å². The van der Waals surface area contributed by atoms with Crippen LogP contribution in [0, 0.1) is 0 Å². The van der Waals surface area contributed by atoms with Crippen molar-refractivity contribution in [2.75, 3.05) is 12.3 Å². The molecule has 0 saturated heterocycles. The number of thioether (sulfide) groups is 1. The molecule has 2 N–H and O–H groups in total. The van der Waals surface area contributed by atoms with E-state index < -0.39 is 0 Å². The lowest BCUT2D eigenvalue weighted by molar-refractivity contribution is -0.118. The molecule has 0 aliphatic rings. The minimum Gasteiger partial charge on any atom is -0.355 e. The van der Waals surface area contributed by atoms with Crippen LogP contribution in [0.5, 0.6) is 0 Å². The first kappa shape index (κ1) is 14.8. The summed E-state index contributed by atoms with van der Waals surface area (Å²) in [6, 6.07) is 7.88. The third kappa shape index (κ3) is 3.19. The molecule has 0 radical (unpaired) electrons. The molecule has 0 unspecified atom stereocenters. The number of carbonyl (C=O) groups excluding carboxylic acids is 1. The van der Waals surface area contributed by atoms with E-state index in [1.165, 1.54) is 11.8 Å². The molecule has 1 amide bonds. The lowest BCUT2D eigenvalue weighted by atomic mass is 10.2. The van der Waals surface area contributed by atoms with E-state index in [0.29, 0.717) is 16.6 Å².